The highest BCUT2D eigenvalue weighted by Crippen LogP contribution is 2.30. The number of hydrazone groups is 1. The van der Waals surface area contributed by atoms with Gasteiger partial charge in [0.05, 0.1) is 21.3 Å². The Kier molecular flexibility index (Phi) is 5.22. The van der Waals surface area contributed by atoms with Crippen LogP contribution in [0.2, 0.25) is 10.0 Å². The van der Waals surface area contributed by atoms with Gasteiger partial charge in [-0.25, -0.2) is 5.43 Å². The largest absolute Gasteiger partial charge is 0.506 e. The molecule has 2 rings (SSSR count). The van der Waals surface area contributed by atoms with Gasteiger partial charge in [-0.15, -0.1) is 0 Å². The molecule has 2 N–H and O–H groups in total. The molecule has 0 saturated carbocycles. The maximum absolute atomic E-state index is 11.9. The van der Waals surface area contributed by atoms with Gasteiger partial charge in [-0.1, -0.05) is 35.3 Å². The van der Waals surface area contributed by atoms with Gasteiger partial charge in [0.2, 0.25) is 0 Å². The van der Waals surface area contributed by atoms with Crippen molar-refractivity contribution in [2.24, 2.45) is 5.10 Å². The van der Waals surface area contributed by atoms with Gasteiger partial charge >= 0.3 is 0 Å². The number of phenolic OH excluding ortho intramolecular Hbond substituents is 1. The molecule has 0 radical (unpaired) electrons. The third kappa shape index (κ3) is 3.97. The number of aromatic hydroxyl groups is 1. The van der Waals surface area contributed by atoms with E-state index >= 15 is 0 Å². The minimum atomic E-state index is -0.447. The van der Waals surface area contributed by atoms with E-state index in [1.807, 2.05) is 0 Å². The summed E-state index contributed by atoms with van der Waals surface area (Å²) in [6.07, 6.45) is 1.29. The first-order chi connectivity index (χ1) is 9.99. The summed E-state index contributed by atoms with van der Waals surface area (Å²) < 4.78 is 0.439. The molecule has 0 bridgehead atoms. The van der Waals surface area contributed by atoms with Crippen LogP contribution in [0.1, 0.15) is 15.9 Å². The van der Waals surface area contributed by atoms with Crippen LogP contribution < -0.4 is 5.43 Å². The molecule has 0 saturated heterocycles. The minimum absolute atomic E-state index is 0.0184. The average molecular weight is 388 g/mol. The maximum Gasteiger partial charge on any atom is 0.272 e. The summed E-state index contributed by atoms with van der Waals surface area (Å²) in [7, 11) is 0. The second kappa shape index (κ2) is 6.93. The molecule has 7 heteroatoms. The Morgan fingerprint density at radius 2 is 2.00 bits per heavy atom. The zero-order valence-electron chi connectivity index (χ0n) is 10.5. The molecule has 0 atom stereocenters. The van der Waals surface area contributed by atoms with E-state index in [1.165, 1.54) is 12.3 Å². The molecule has 0 aliphatic rings. The zero-order chi connectivity index (χ0) is 15.4. The van der Waals surface area contributed by atoms with Crippen molar-refractivity contribution in [3.63, 3.8) is 0 Å². The van der Waals surface area contributed by atoms with Gasteiger partial charge < -0.3 is 5.11 Å². The molecular weight excluding hydrogens is 379 g/mol. The summed E-state index contributed by atoms with van der Waals surface area (Å²) >= 11 is 14.9. The molecule has 4 nitrogen and oxygen atoms in total. The Hall–Kier alpha value is -1.56. The summed E-state index contributed by atoms with van der Waals surface area (Å²) in [5.74, 6) is -0.465. The number of benzene rings is 2. The summed E-state index contributed by atoms with van der Waals surface area (Å²) in [6.45, 7) is 0. The number of carbonyl (C=O) groups is 1. The normalized spacial score (nSPS) is 10.8. The topological polar surface area (TPSA) is 61.7 Å². The van der Waals surface area contributed by atoms with Crippen molar-refractivity contribution in [2.75, 3.05) is 0 Å². The van der Waals surface area contributed by atoms with E-state index in [9.17, 15) is 9.90 Å². The zero-order valence-corrected chi connectivity index (χ0v) is 13.6. The predicted molar refractivity (Wildman–Crippen MR) is 87.3 cm³/mol. The number of hydrogen-bond donors (Lipinski definition) is 2. The Bertz CT molecular complexity index is 720. The Morgan fingerprint density at radius 3 is 2.71 bits per heavy atom. The monoisotopic (exact) mass is 386 g/mol. The molecule has 2 aromatic rings. The van der Waals surface area contributed by atoms with Crippen molar-refractivity contribution in [3.05, 3.63) is 62.0 Å². The van der Waals surface area contributed by atoms with Gasteiger partial charge in [0, 0.05) is 10.6 Å². The molecule has 0 aliphatic carbocycles. The van der Waals surface area contributed by atoms with Crippen LogP contribution in [0.3, 0.4) is 0 Å². The summed E-state index contributed by atoms with van der Waals surface area (Å²) in [5, 5.41) is 14.4. The van der Waals surface area contributed by atoms with E-state index in [-0.39, 0.29) is 5.75 Å². The van der Waals surface area contributed by atoms with Crippen LogP contribution in [-0.2, 0) is 0 Å². The van der Waals surface area contributed by atoms with Crippen LogP contribution in [0.15, 0.2) is 46.0 Å². The van der Waals surface area contributed by atoms with Crippen molar-refractivity contribution in [3.8, 4) is 5.75 Å². The molecular formula is C14H9BrCl2N2O2. The number of amides is 1. The Morgan fingerprint density at radius 1 is 1.29 bits per heavy atom. The molecule has 0 spiro atoms. The van der Waals surface area contributed by atoms with E-state index in [0.717, 1.165) is 0 Å². The predicted octanol–water partition coefficient (Wildman–Crippen LogP) is 4.23. The summed E-state index contributed by atoms with van der Waals surface area (Å²) in [4.78, 5) is 11.9. The van der Waals surface area contributed by atoms with Gasteiger partial charge in [0.1, 0.15) is 5.75 Å². The van der Waals surface area contributed by atoms with Crippen LogP contribution >= 0.6 is 39.1 Å². The van der Waals surface area contributed by atoms with Gasteiger partial charge in [-0.2, -0.15) is 5.10 Å². The Labute approximate surface area is 139 Å². The van der Waals surface area contributed by atoms with Crippen LogP contribution in [-0.4, -0.2) is 17.2 Å². The maximum atomic E-state index is 11.9. The third-order valence-corrected chi connectivity index (χ3v) is 3.70. The van der Waals surface area contributed by atoms with Crippen LogP contribution in [0.25, 0.3) is 0 Å². The summed E-state index contributed by atoms with van der Waals surface area (Å²) in [6, 6.07) is 9.69. The van der Waals surface area contributed by atoms with Crippen LogP contribution in [0, 0.1) is 0 Å². The van der Waals surface area contributed by atoms with Crippen molar-refractivity contribution in [1.82, 2.24) is 5.43 Å². The molecule has 1 amide bonds. The number of halogens is 3. The smallest absolute Gasteiger partial charge is 0.272 e. The minimum Gasteiger partial charge on any atom is -0.506 e. The highest BCUT2D eigenvalue weighted by Gasteiger charge is 2.09. The lowest BCUT2D eigenvalue weighted by atomic mass is 10.2. The first-order valence-corrected chi connectivity index (χ1v) is 7.30. The number of hydrogen-bond acceptors (Lipinski definition) is 3. The van der Waals surface area contributed by atoms with E-state index in [2.05, 4.69) is 26.5 Å². The fraction of sp³-hybridized carbons (Fsp3) is 0. The van der Waals surface area contributed by atoms with Gasteiger partial charge in [0.25, 0.3) is 5.91 Å². The molecule has 2 aromatic carbocycles. The van der Waals surface area contributed by atoms with E-state index in [0.29, 0.717) is 25.6 Å². The highest BCUT2D eigenvalue weighted by molar-refractivity contribution is 9.10. The first kappa shape index (κ1) is 15.8. The van der Waals surface area contributed by atoms with Crippen molar-refractivity contribution < 1.29 is 9.90 Å². The van der Waals surface area contributed by atoms with E-state index in [1.54, 1.807) is 30.3 Å². The third-order valence-electron chi connectivity index (χ3n) is 2.55. The molecule has 108 valence electrons. The lowest BCUT2D eigenvalue weighted by Gasteiger charge is -2.04. The quantitative estimate of drug-likeness (QED) is 0.611. The molecule has 0 aliphatic heterocycles. The molecule has 0 unspecified atom stereocenters. The number of nitrogens with zero attached hydrogens (tertiary/aromatic N) is 1. The fourth-order valence-electron chi connectivity index (χ4n) is 1.55. The molecule has 0 aromatic heterocycles. The van der Waals surface area contributed by atoms with Gasteiger partial charge in [0.15, 0.2) is 0 Å². The number of nitrogens with one attached hydrogen (secondary N) is 1. The van der Waals surface area contributed by atoms with Gasteiger partial charge in [-0.05, 0) is 40.2 Å². The van der Waals surface area contributed by atoms with Crippen LogP contribution in [0.4, 0.5) is 0 Å². The second-order valence-electron chi connectivity index (χ2n) is 4.00. The van der Waals surface area contributed by atoms with E-state index < -0.39 is 5.91 Å². The number of rotatable bonds is 3. The second-order valence-corrected chi connectivity index (χ2v) is 5.70. The van der Waals surface area contributed by atoms with Crippen molar-refractivity contribution in [1.29, 1.82) is 0 Å². The van der Waals surface area contributed by atoms with Crippen molar-refractivity contribution in [2.45, 2.75) is 0 Å². The van der Waals surface area contributed by atoms with Gasteiger partial charge in [-0.3, -0.25) is 4.79 Å². The molecule has 21 heavy (non-hydrogen) atoms. The first-order valence-electron chi connectivity index (χ1n) is 5.75. The fourth-order valence-corrected chi connectivity index (χ4v) is 2.61. The standard InChI is InChI=1S/C14H9BrCl2N2O2/c15-11-6-9(16)5-8(13(11)20)7-18-19-14(21)10-3-1-2-4-12(10)17/h1-7,20H,(H,19,21)/b18-7+. The Balaban J connectivity index is 2.13. The van der Waals surface area contributed by atoms with Crippen molar-refractivity contribution >= 4 is 51.3 Å². The molecule has 0 heterocycles. The lowest BCUT2D eigenvalue weighted by Crippen LogP contribution is -2.17. The van der Waals surface area contributed by atoms with Crippen LogP contribution in [0.5, 0.6) is 5.75 Å². The number of carbonyl (C=O) groups excluding carboxylic acids is 1. The average Bonchev–Trinajstić information content (AvgIpc) is 2.44. The highest BCUT2D eigenvalue weighted by atomic mass is 79.9. The number of phenols is 1. The SMILES string of the molecule is O=C(N/N=C/c1cc(Cl)cc(Br)c1O)c1ccccc1Cl. The molecule has 0 fully saturated rings. The lowest BCUT2D eigenvalue weighted by molar-refractivity contribution is 0.0955. The van der Waals surface area contributed by atoms with E-state index in [4.69, 9.17) is 23.2 Å². The summed E-state index contributed by atoms with van der Waals surface area (Å²) in [5.41, 5.74) is 3.01.